The van der Waals surface area contributed by atoms with E-state index in [1.54, 1.807) is 0 Å². The highest BCUT2D eigenvalue weighted by Crippen LogP contribution is 2.37. The van der Waals surface area contributed by atoms with Crippen molar-refractivity contribution in [3.8, 4) is 0 Å². The monoisotopic (exact) mass is 291 g/mol. The van der Waals surface area contributed by atoms with E-state index in [0.717, 1.165) is 38.0 Å². The molecular weight excluding hydrogens is 262 g/mol. The first kappa shape index (κ1) is 16.9. The maximum Gasteiger partial charge on any atom is 0.147 e. The van der Waals surface area contributed by atoms with Crippen LogP contribution in [0.3, 0.4) is 0 Å². The molecule has 0 radical (unpaired) electrons. The Hall–Kier alpha value is -0.130. The average Bonchev–Trinajstić information content (AvgIpc) is 2.31. The fraction of sp³-hybridized carbons (Fsp3) is 1.00. The molecule has 1 fully saturated rings. The molecule has 1 rings (SSSR count). The second-order valence-corrected chi connectivity index (χ2v) is 8.32. The SMILES string of the molecule is CCOC1(C(N)CCCS(C)(=O)=O)CCC(C)CC1. The molecule has 114 valence electrons. The van der Waals surface area contributed by atoms with Crippen LogP contribution in [0.15, 0.2) is 0 Å². The van der Waals surface area contributed by atoms with Crippen molar-refractivity contribution in [1.29, 1.82) is 0 Å². The van der Waals surface area contributed by atoms with Gasteiger partial charge >= 0.3 is 0 Å². The van der Waals surface area contributed by atoms with Crippen molar-refractivity contribution in [2.24, 2.45) is 11.7 Å². The summed E-state index contributed by atoms with van der Waals surface area (Å²) in [6, 6.07) is -0.0540. The Bertz CT molecular complexity index is 359. The molecule has 0 aliphatic heterocycles. The van der Waals surface area contributed by atoms with Crippen LogP contribution in [0.1, 0.15) is 52.4 Å². The van der Waals surface area contributed by atoms with E-state index in [0.29, 0.717) is 13.0 Å². The highest BCUT2D eigenvalue weighted by Gasteiger charge is 2.39. The molecule has 0 saturated heterocycles. The highest BCUT2D eigenvalue weighted by atomic mass is 32.2. The summed E-state index contributed by atoms with van der Waals surface area (Å²) in [5.41, 5.74) is 6.10. The first-order valence-corrected chi connectivity index (χ1v) is 9.42. The summed E-state index contributed by atoms with van der Waals surface area (Å²) in [5, 5.41) is 0. The number of nitrogens with two attached hydrogens (primary N) is 1. The second kappa shape index (κ2) is 7.04. The van der Waals surface area contributed by atoms with Crippen LogP contribution < -0.4 is 5.73 Å². The Labute approximate surface area is 118 Å². The lowest BCUT2D eigenvalue weighted by molar-refractivity contribution is -0.0899. The fourth-order valence-corrected chi connectivity index (χ4v) is 3.68. The summed E-state index contributed by atoms with van der Waals surface area (Å²) in [5.74, 6) is 0.969. The normalized spacial score (nSPS) is 30.2. The maximum absolute atomic E-state index is 11.2. The van der Waals surface area contributed by atoms with Crippen molar-refractivity contribution in [2.75, 3.05) is 18.6 Å². The number of hydrogen-bond donors (Lipinski definition) is 1. The van der Waals surface area contributed by atoms with Crippen LogP contribution in [0.25, 0.3) is 0 Å². The second-order valence-electron chi connectivity index (χ2n) is 6.06. The molecule has 0 aromatic carbocycles. The van der Waals surface area contributed by atoms with Gasteiger partial charge in [0.2, 0.25) is 0 Å². The predicted octanol–water partition coefficient (Wildman–Crippen LogP) is 2.12. The summed E-state index contributed by atoms with van der Waals surface area (Å²) in [6.07, 6.45) is 6.94. The van der Waals surface area contributed by atoms with Crippen LogP contribution in [0.2, 0.25) is 0 Å². The van der Waals surface area contributed by atoms with E-state index in [-0.39, 0.29) is 17.4 Å². The van der Waals surface area contributed by atoms with Crippen molar-refractivity contribution in [3.05, 3.63) is 0 Å². The smallest absolute Gasteiger partial charge is 0.147 e. The van der Waals surface area contributed by atoms with Gasteiger partial charge in [-0.2, -0.15) is 0 Å². The lowest BCUT2D eigenvalue weighted by Gasteiger charge is -2.43. The zero-order valence-electron chi connectivity index (χ0n) is 12.5. The Morgan fingerprint density at radius 1 is 1.37 bits per heavy atom. The van der Waals surface area contributed by atoms with Crippen LogP contribution in [-0.4, -0.2) is 38.7 Å². The first-order chi connectivity index (χ1) is 8.79. The molecule has 1 unspecified atom stereocenters. The van der Waals surface area contributed by atoms with Gasteiger partial charge in [0.1, 0.15) is 9.84 Å². The number of rotatable bonds is 7. The molecular formula is C14H29NO3S. The Kier molecular flexibility index (Phi) is 6.27. The average molecular weight is 291 g/mol. The maximum atomic E-state index is 11.2. The zero-order valence-corrected chi connectivity index (χ0v) is 13.3. The van der Waals surface area contributed by atoms with Crippen molar-refractivity contribution in [3.63, 3.8) is 0 Å². The van der Waals surface area contributed by atoms with Gasteiger partial charge in [-0.1, -0.05) is 6.92 Å². The molecule has 0 bridgehead atoms. The van der Waals surface area contributed by atoms with Crippen molar-refractivity contribution < 1.29 is 13.2 Å². The summed E-state index contributed by atoms with van der Waals surface area (Å²) in [4.78, 5) is 0. The van der Waals surface area contributed by atoms with Gasteiger partial charge in [-0.25, -0.2) is 8.42 Å². The molecule has 0 aromatic rings. The lowest BCUT2D eigenvalue weighted by Crippen LogP contribution is -2.52. The topological polar surface area (TPSA) is 69.4 Å². The standard InChI is InChI=1S/C14H29NO3S/c1-4-18-14(9-7-12(2)8-10-14)13(15)6-5-11-19(3,16)17/h12-13H,4-11,15H2,1-3H3. The minimum atomic E-state index is -2.89. The van der Waals surface area contributed by atoms with Gasteiger partial charge in [-0.3, -0.25) is 0 Å². The van der Waals surface area contributed by atoms with Gasteiger partial charge in [0.05, 0.1) is 5.60 Å². The van der Waals surface area contributed by atoms with Gasteiger partial charge in [0.15, 0.2) is 0 Å². The summed E-state index contributed by atoms with van der Waals surface area (Å²) >= 11 is 0. The highest BCUT2D eigenvalue weighted by molar-refractivity contribution is 7.90. The van der Waals surface area contributed by atoms with E-state index < -0.39 is 9.84 Å². The van der Waals surface area contributed by atoms with Crippen LogP contribution in [0.5, 0.6) is 0 Å². The molecule has 0 aromatic heterocycles. The van der Waals surface area contributed by atoms with Crippen LogP contribution in [-0.2, 0) is 14.6 Å². The lowest BCUT2D eigenvalue weighted by atomic mass is 9.74. The van der Waals surface area contributed by atoms with Gasteiger partial charge in [0, 0.05) is 24.7 Å². The van der Waals surface area contributed by atoms with Crippen molar-refractivity contribution in [2.45, 2.75) is 64.0 Å². The minimum Gasteiger partial charge on any atom is -0.374 e. The van der Waals surface area contributed by atoms with Crippen LogP contribution >= 0.6 is 0 Å². The molecule has 1 saturated carbocycles. The minimum absolute atomic E-state index is 0.0540. The Morgan fingerprint density at radius 2 is 1.95 bits per heavy atom. The summed E-state index contributed by atoms with van der Waals surface area (Å²) in [7, 11) is -2.89. The third-order valence-electron chi connectivity index (χ3n) is 4.26. The van der Waals surface area contributed by atoms with Gasteiger partial charge in [-0.15, -0.1) is 0 Å². The first-order valence-electron chi connectivity index (χ1n) is 7.36. The molecule has 1 atom stereocenters. The third kappa shape index (κ3) is 5.40. The fourth-order valence-electron chi connectivity index (χ4n) is 2.99. The van der Waals surface area contributed by atoms with E-state index in [1.807, 2.05) is 6.92 Å². The van der Waals surface area contributed by atoms with Gasteiger partial charge in [-0.05, 0) is 51.4 Å². The third-order valence-corrected chi connectivity index (χ3v) is 5.29. The summed E-state index contributed by atoms with van der Waals surface area (Å²) < 4.78 is 28.3. The van der Waals surface area contributed by atoms with E-state index in [1.165, 1.54) is 6.26 Å². The van der Waals surface area contributed by atoms with Crippen molar-refractivity contribution in [1.82, 2.24) is 0 Å². The van der Waals surface area contributed by atoms with E-state index in [2.05, 4.69) is 6.92 Å². The molecule has 4 nitrogen and oxygen atoms in total. The van der Waals surface area contributed by atoms with E-state index in [4.69, 9.17) is 10.5 Å². The van der Waals surface area contributed by atoms with E-state index >= 15 is 0 Å². The molecule has 0 amide bonds. The molecule has 5 heteroatoms. The predicted molar refractivity (Wildman–Crippen MR) is 78.9 cm³/mol. The largest absolute Gasteiger partial charge is 0.374 e. The number of sulfone groups is 1. The van der Waals surface area contributed by atoms with Gasteiger partial charge < -0.3 is 10.5 Å². The number of hydrogen-bond acceptors (Lipinski definition) is 4. The number of ether oxygens (including phenoxy) is 1. The Balaban J connectivity index is 2.55. The molecule has 1 aliphatic rings. The summed E-state index contributed by atoms with van der Waals surface area (Å²) in [6.45, 7) is 4.95. The molecule has 0 spiro atoms. The molecule has 0 heterocycles. The van der Waals surface area contributed by atoms with Crippen LogP contribution in [0.4, 0.5) is 0 Å². The van der Waals surface area contributed by atoms with Crippen molar-refractivity contribution >= 4 is 9.84 Å². The van der Waals surface area contributed by atoms with E-state index in [9.17, 15) is 8.42 Å². The zero-order chi connectivity index (χ0) is 14.5. The molecule has 1 aliphatic carbocycles. The molecule has 19 heavy (non-hydrogen) atoms. The Morgan fingerprint density at radius 3 is 2.42 bits per heavy atom. The molecule has 2 N–H and O–H groups in total. The van der Waals surface area contributed by atoms with Crippen LogP contribution in [0, 0.1) is 5.92 Å². The quantitative estimate of drug-likeness (QED) is 0.780. The van der Waals surface area contributed by atoms with Gasteiger partial charge in [0.25, 0.3) is 0 Å².